The van der Waals surface area contributed by atoms with Gasteiger partial charge in [-0.2, -0.15) is 0 Å². The minimum Gasteiger partial charge on any atom is -0.343 e. The van der Waals surface area contributed by atoms with Gasteiger partial charge in [0.25, 0.3) is 0 Å². The molecule has 4 aromatic carbocycles. The maximum atomic E-state index is 13.3. The van der Waals surface area contributed by atoms with Gasteiger partial charge < -0.3 is 24.9 Å². The molecule has 0 radical (unpaired) electrons. The average Bonchev–Trinajstić information content (AvgIpc) is 3.38. The first-order valence-electron chi connectivity index (χ1n) is 26.1. The van der Waals surface area contributed by atoms with Gasteiger partial charge in [0, 0.05) is 124 Å². The molecule has 0 saturated carbocycles. The van der Waals surface area contributed by atoms with Gasteiger partial charge in [0.2, 0.25) is 23.6 Å². The van der Waals surface area contributed by atoms with Crippen molar-refractivity contribution in [3.63, 3.8) is 0 Å². The molecule has 4 saturated heterocycles. The molecular formula is C59H79Cl5N6O4. The number of carbonyl (C=O) groups excluding carboxylic acids is 4. The quantitative estimate of drug-likeness (QED) is 0.150. The molecule has 74 heavy (non-hydrogen) atoms. The molecule has 0 spiro atoms. The van der Waals surface area contributed by atoms with Crippen molar-refractivity contribution >= 4 is 81.6 Å². The number of rotatable bonds is 11. The average molecular weight is 1110 g/mol. The van der Waals surface area contributed by atoms with E-state index in [1.807, 2.05) is 87.5 Å². The van der Waals surface area contributed by atoms with Crippen molar-refractivity contribution in [2.75, 3.05) is 65.4 Å². The van der Waals surface area contributed by atoms with Gasteiger partial charge in [-0.25, -0.2) is 0 Å². The fraction of sp³-hybridized carbons (Fsp3) is 0.525. The van der Waals surface area contributed by atoms with Gasteiger partial charge in [-0.1, -0.05) is 130 Å². The van der Waals surface area contributed by atoms with Gasteiger partial charge in [-0.05, 0) is 120 Å². The predicted molar refractivity (Wildman–Crippen MR) is 306 cm³/mol. The van der Waals surface area contributed by atoms with E-state index in [-0.39, 0.29) is 42.6 Å². The van der Waals surface area contributed by atoms with Gasteiger partial charge in [0.1, 0.15) is 0 Å². The first-order chi connectivity index (χ1) is 34.9. The zero-order valence-electron chi connectivity index (χ0n) is 43.4. The maximum Gasteiger partial charge on any atom is 0.222 e. The summed E-state index contributed by atoms with van der Waals surface area (Å²) in [5, 5.41) is 6.18. The number of halogens is 5. The molecule has 4 heterocycles. The van der Waals surface area contributed by atoms with Crippen LogP contribution in [0.2, 0.25) is 20.1 Å². The molecule has 0 aromatic heterocycles. The molecule has 0 bridgehead atoms. The number of benzene rings is 4. The summed E-state index contributed by atoms with van der Waals surface area (Å²) < 4.78 is 0. The summed E-state index contributed by atoms with van der Waals surface area (Å²) in [6.45, 7) is 20.1. The maximum absolute atomic E-state index is 13.3. The van der Waals surface area contributed by atoms with Gasteiger partial charge >= 0.3 is 0 Å². The third-order valence-corrected chi connectivity index (χ3v) is 16.5. The number of alkyl halides is 1. The fourth-order valence-electron chi connectivity index (χ4n) is 10.4. The highest BCUT2D eigenvalue weighted by atomic mass is 35.5. The Kier molecular flexibility index (Phi) is 24.4. The minimum atomic E-state index is -0.172. The van der Waals surface area contributed by atoms with Crippen molar-refractivity contribution < 1.29 is 19.2 Å². The van der Waals surface area contributed by atoms with Crippen molar-refractivity contribution in [2.45, 2.75) is 111 Å². The lowest BCUT2D eigenvalue weighted by Crippen LogP contribution is -2.57. The summed E-state index contributed by atoms with van der Waals surface area (Å²) in [5.41, 5.74) is 4.41. The number of likely N-dealkylation sites (tertiary alicyclic amines) is 2. The summed E-state index contributed by atoms with van der Waals surface area (Å²) in [6.07, 6.45) is 4.98. The molecule has 4 fully saturated rings. The molecule has 2 atom stereocenters. The van der Waals surface area contributed by atoms with Crippen molar-refractivity contribution in [3.8, 4) is 0 Å². The molecular weight excluding hydrogens is 1030 g/mol. The first kappa shape index (κ1) is 61.0. The smallest absolute Gasteiger partial charge is 0.222 e. The van der Waals surface area contributed by atoms with Gasteiger partial charge in [-0.15, -0.1) is 11.6 Å². The van der Waals surface area contributed by atoms with Gasteiger partial charge in [0.15, 0.2) is 0 Å². The van der Waals surface area contributed by atoms with E-state index >= 15 is 0 Å². The molecule has 2 unspecified atom stereocenters. The highest BCUT2D eigenvalue weighted by molar-refractivity contribution is 6.31. The standard InChI is InChI=1S/C29H37Cl2N3O2.C16H29N3O2.C13H9Cl3.CH4/c1-20(2)27-19-33(28(36)18-22-12-14-32(15-13-22)21(3)35)16-17-34(27)29(23-4-8-25(30)9-5-23)24-6-10-26(31)11-7-24;1-12(2)15-11-19(9-6-17-15)16(21)10-14-4-7-18(8-5-14)13(3)20;14-11-5-1-9(2-6-11)13(16)10-3-7-12(15)8-4-10;/h4-11,20,22,27,29H,12-19H2,1-3H3;12,14-15,17H,4-11H2,1-3H3;1-8,13H;1H4. The number of carbonyl (C=O) groups is 4. The Bertz CT molecular complexity index is 2280. The number of nitrogens with one attached hydrogen (secondary N) is 1. The summed E-state index contributed by atoms with van der Waals surface area (Å²) in [4.78, 5) is 59.2. The summed E-state index contributed by atoms with van der Waals surface area (Å²) >= 11 is 30.4. The Hall–Kier alpha value is -3.87. The largest absolute Gasteiger partial charge is 0.343 e. The van der Waals surface area contributed by atoms with Crippen LogP contribution in [-0.4, -0.2) is 126 Å². The van der Waals surface area contributed by atoms with E-state index < -0.39 is 0 Å². The molecule has 0 aliphatic carbocycles. The van der Waals surface area contributed by atoms with Crippen LogP contribution < -0.4 is 5.32 Å². The van der Waals surface area contributed by atoms with E-state index in [9.17, 15) is 19.2 Å². The first-order valence-corrected chi connectivity index (χ1v) is 28.0. The minimum absolute atomic E-state index is 0. The number of hydrogen-bond donors (Lipinski definition) is 1. The molecule has 4 amide bonds. The zero-order valence-corrected chi connectivity index (χ0v) is 47.2. The molecule has 4 aliphatic rings. The second kappa shape index (κ2) is 29.6. The number of hydrogen-bond acceptors (Lipinski definition) is 6. The topological polar surface area (TPSA) is 96.5 Å². The number of amides is 4. The highest BCUT2D eigenvalue weighted by Crippen LogP contribution is 2.36. The number of piperazine rings is 2. The summed E-state index contributed by atoms with van der Waals surface area (Å²) in [6, 6.07) is 31.9. The third-order valence-electron chi connectivity index (χ3n) is 15.0. The van der Waals surface area contributed by atoms with E-state index in [4.69, 9.17) is 58.0 Å². The van der Waals surface area contributed by atoms with Crippen LogP contribution in [0.5, 0.6) is 0 Å². The summed E-state index contributed by atoms with van der Waals surface area (Å²) in [7, 11) is 0. The van der Waals surface area contributed by atoms with Crippen LogP contribution >= 0.6 is 58.0 Å². The molecule has 4 aromatic rings. The van der Waals surface area contributed by atoms with Crippen LogP contribution in [0.3, 0.4) is 0 Å². The molecule has 15 heteroatoms. The number of nitrogens with zero attached hydrogens (tertiary/aromatic N) is 5. The molecule has 8 rings (SSSR count). The predicted octanol–water partition coefficient (Wildman–Crippen LogP) is 12.9. The lowest BCUT2D eigenvalue weighted by Gasteiger charge is -2.47. The Labute approximate surface area is 467 Å². The van der Waals surface area contributed by atoms with Crippen molar-refractivity contribution in [3.05, 3.63) is 139 Å². The third kappa shape index (κ3) is 17.9. The molecule has 4 aliphatic heterocycles. The lowest BCUT2D eigenvalue weighted by atomic mass is 9.90. The Morgan fingerprint density at radius 1 is 0.500 bits per heavy atom. The van der Waals surface area contributed by atoms with Crippen molar-refractivity contribution in [1.29, 1.82) is 0 Å². The second-order valence-corrected chi connectivity index (χ2v) is 23.0. The lowest BCUT2D eigenvalue weighted by molar-refractivity contribution is -0.137. The van der Waals surface area contributed by atoms with Crippen molar-refractivity contribution in [2.24, 2.45) is 23.7 Å². The van der Waals surface area contributed by atoms with Crippen molar-refractivity contribution in [1.82, 2.24) is 29.8 Å². The molecule has 10 nitrogen and oxygen atoms in total. The van der Waals surface area contributed by atoms with Gasteiger partial charge in [-0.3, -0.25) is 24.1 Å². The number of piperidine rings is 2. The monoisotopic (exact) mass is 1110 g/mol. The van der Waals surface area contributed by atoms with Crippen LogP contribution in [0.1, 0.15) is 121 Å². The van der Waals surface area contributed by atoms with Gasteiger partial charge in [0.05, 0.1) is 11.4 Å². The Balaban J connectivity index is 0.000000225. The van der Waals surface area contributed by atoms with Crippen LogP contribution in [0.15, 0.2) is 97.1 Å². The van der Waals surface area contributed by atoms with Crippen LogP contribution in [0, 0.1) is 23.7 Å². The van der Waals surface area contributed by atoms with E-state index in [1.54, 1.807) is 13.8 Å². The summed E-state index contributed by atoms with van der Waals surface area (Å²) in [5.74, 6) is 2.56. The molecule has 1 N–H and O–H groups in total. The van der Waals surface area contributed by atoms with E-state index in [1.165, 1.54) is 11.1 Å². The van der Waals surface area contributed by atoms with E-state index in [0.29, 0.717) is 65.1 Å². The van der Waals surface area contributed by atoms with E-state index in [0.717, 1.165) is 106 Å². The highest BCUT2D eigenvalue weighted by Gasteiger charge is 2.38. The SMILES string of the molecule is C.CC(=O)N1CCC(CC(=O)N2CCN(C(c3ccc(Cl)cc3)c3ccc(Cl)cc3)C(C(C)C)C2)CC1.CC(=O)N1CCC(CC(=O)N2CCNC(C(C)C)C2)CC1.Clc1ccc(C(Cl)c2ccc(Cl)cc2)cc1. The fourth-order valence-corrected chi connectivity index (χ4v) is 11.2. The Morgan fingerprint density at radius 2 is 0.865 bits per heavy atom. The van der Waals surface area contributed by atoms with Crippen LogP contribution in [-0.2, 0) is 19.2 Å². The second-order valence-electron chi connectivity index (χ2n) is 20.8. The zero-order chi connectivity index (χ0) is 52.8. The van der Waals surface area contributed by atoms with Crippen LogP contribution in [0.25, 0.3) is 0 Å². The molecule has 404 valence electrons. The Morgan fingerprint density at radius 3 is 1.22 bits per heavy atom. The van der Waals surface area contributed by atoms with Crippen LogP contribution in [0.4, 0.5) is 0 Å². The van der Waals surface area contributed by atoms with E-state index in [2.05, 4.69) is 67.1 Å². The normalized spacial score (nSPS) is 18.9.